The van der Waals surface area contributed by atoms with Crippen LogP contribution in [-0.2, 0) is 0 Å². The van der Waals surface area contributed by atoms with Crippen molar-refractivity contribution in [1.82, 2.24) is 5.32 Å². The Hall–Kier alpha value is -1.42. The molecular weight excluding hydrogens is 302 g/mol. The zero-order chi connectivity index (χ0) is 19.6. The summed E-state index contributed by atoms with van der Waals surface area (Å²) in [4.78, 5) is 0. The van der Waals surface area contributed by atoms with Crippen LogP contribution in [0.3, 0.4) is 0 Å². The summed E-state index contributed by atoms with van der Waals surface area (Å²) in [6.45, 7) is 23.0. The summed E-state index contributed by atoms with van der Waals surface area (Å²) in [6.07, 6.45) is 13.8. The van der Waals surface area contributed by atoms with Gasteiger partial charge in [-0.25, -0.2) is 0 Å². The van der Waals surface area contributed by atoms with Gasteiger partial charge in [0.25, 0.3) is 0 Å². The van der Waals surface area contributed by atoms with Gasteiger partial charge >= 0.3 is 0 Å². The molecule has 0 aromatic heterocycles. The fourth-order valence-electron chi connectivity index (χ4n) is 3.93. The fourth-order valence-corrected chi connectivity index (χ4v) is 3.93. The lowest BCUT2D eigenvalue weighted by Crippen LogP contribution is -2.45. The van der Waals surface area contributed by atoms with Gasteiger partial charge in [0.1, 0.15) is 0 Å². The molecule has 1 heteroatoms. The highest BCUT2D eigenvalue weighted by atomic mass is 14.9. The third-order valence-electron chi connectivity index (χ3n) is 5.76. The molecular formula is C24H41N. The normalized spacial score (nSPS) is 14.6. The highest BCUT2D eigenvalue weighted by Gasteiger charge is 2.42. The quantitative estimate of drug-likeness (QED) is 0.323. The predicted molar refractivity (Wildman–Crippen MR) is 114 cm³/mol. The molecule has 0 aliphatic heterocycles. The Bertz CT molecular complexity index is 503. The minimum Gasteiger partial charge on any atom is -0.388 e. The smallest absolute Gasteiger partial charge is 0.0622 e. The molecule has 0 aromatic carbocycles. The second kappa shape index (κ2) is 11.2. The van der Waals surface area contributed by atoms with Gasteiger partial charge in [-0.15, -0.1) is 6.42 Å². The maximum absolute atomic E-state index is 5.97. The molecule has 0 unspecified atom stereocenters. The SMILES string of the molecule is C#C[C@H](/C(C)=C\C)/C(=C\C)C(CNC(=C)CCCC)(C(C)C)C(C)C. The molecule has 0 aromatic rings. The number of rotatable bonds is 11. The third kappa shape index (κ3) is 5.81. The molecule has 1 nitrogen and oxygen atoms in total. The van der Waals surface area contributed by atoms with Gasteiger partial charge in [0, 0.05) is 17.7 Å². The van der Waals surface area contributed by atoms with Crippen LogP contribution in [0.1, 0.15) is 74.7 Å². The molecule has 1 N–H and O–H groups in total. The minimum atomic E-state index is 0.00517. The second-order valence-electron chi connectivity index (χ2n) is 7.79. The van der Waals surface area contributed by atoms with Gasteiger partial charge in [-0.2, -0.15) is 0 Å². The van der Waals surface area contributed by atoms with Crippen LogP contribution in [0, 0.1) is 35.5 Å². The van der Waals surface area contributed by atoms with Crippen LogP contribution in [0.2, 0.25) is 0 Å². The first-order valence-electron chi connectivity index (χ1n) is 9.89. The monoisotopic (exact) mass is 343 g/mol. The van der Waals surface area contributed by atoms with Crippen molar-refractivity contribution in [3.05, 3.63) is 35.6 Å². The second-order valence-corrected chi connectivity index (χ2v) is 7.79. The molecule has 0 heterocycles. The summed E-state index contributed by atoms with van der Waals surface area (Å²) >= 11 is 0. The summed E-state index contributed by atoms with van der Waals surface area (Å²) in [6, 6.07) is 0. The van der Waals surface area contributed by atoms with E-state index in [0.717, 1.165) is 18.7 Å². The van der Waals surface area contributed by atoms with Gasteiger partial charge in [-0.05, 0) is 51.0 Å². The van der Waals surface area contributed by atoms with Crippen LogP contribution in [-0.4, -0.2) is 6.54 Å². The zero-order valence-corrected chi connectivity index (χ0v) is 18.0. The lowest BCUT2D eigenvalue weighted by atomic mass is 9.60. The van der Waals surface area contributed by atoms with Crippen molar-refractivity contribution in [2.75, 3.05) is 6.54 Å². The van der Waals surface area contributed by atoms with E-state index in [4.69, 9.17) is 6.42 Å². The molecule has 0 radical (unpaired) electrons. The van der Waals surface area contributed by atoms with E-state index >= 15 is 0 Å². The van der Waals surface area contributed by atoms with E-state index in [-0.39, 0.29) is 11.3 Å². The van der Waals surface area contributed by atoms with E-state index in [9.17, 15) is 0 Å². The van der Waals surface area contributed by atoms with Crippen LogP contribution >= 0.6 is 0 Å². The van der Waals surface area contributed by atoms with Crippen molar-refractivity contribution in [3.63, 3.8) is 0 Å². The van der Waals surface area contributed by atoms with Crippen LogP contribution < -0.4 is 5.32 Å². The summed E-state index contributed by atoms with van der Waals surface area (Å²) in [7, 11) is 0. The molecule has 0 rings (SSSR count). The van der Waals surface area contributed by atoms with Crippen molar-refractivity contribution in [3.8, 4) is 12.3 Å². The number of terminal acetylenes is 1. The van der Waals surface area contributed by atoms with Crippen molar-refractivity contribution >= 4 is 0 Å². The Morgan fingerprint density at radius 3 is 2.08 bits per heavy atom. The maximum atomic E-state index is 5.97. The molecule has 0 saturated heterocycles. The first kappa shape index (κ1) is 23.6. The lowest BCUT2D eigenvalue weighted by molar-refractivity contribution is 0.151. The Kier molecular flexibility index (Phi) is 10.6. The molecule has 0 aliphatic rings. The number of nitrogens with one attached hydrogen (secondary N) is 1. The van der Waals surface area contributed by atoms with Crippen LogP contribution in [0.5, 0.6) is 0 Å². The van der Waals surface area contributed by atoms with Crippen LogP contribution in [0.4, 0.5) is 0 Å². The van der Waals surface area contributed by atoms with Crippen molar-refractivity contribution in [1.29, 1.82) is 0 Å². The number of hydrogen-bond donors (Lipinski definition) is 1. The Balaban J connectivity index is 5.89. The average molecular weight is 344 g/mol. The molecule has 0 saturated carbocycles. The molecule has 0 bridgehead atoms. The van der Waals surface area contributed by atoms with Gasteiger partial charge < -0.3 is 5.32 Å². The minimum absolute atomic E-state index is 0.00517. The molecule has 0 spiro atoms. The standard InChI is InChI=1S/C24H41N/c1-11-15-16-21(10)25-17-24(18(5)6,19(7)8)23(14-4)22(13-3)20(9)12-2/h3,12,14,18-19,22,25H,10-11,15-17H2,1-2,4-9H3/b20-12-,23-14+/t22-/m1/s1. The van der Waals surface area contributed by atoms with Crippen LogP contribution in [0.15, 0.2) is 35.6 Å². The Morgan fingerprint density at radius 2 is 1.72 bits per heavy atom. The van der Waals surface area contributed by atoms with E-state index in [2.05, 4.69) is 85.4 Å². The van der Waals surface area contributed by atoms with Gasteiger partial charge in [0.05, 0.1) is 5.92 Å². The van der Waals surface area contributed by atoms with E-state index in [0.29, 0.717) is 11.8 Å². The lowest BCUT2D eigenvalue weighted by Gasteiger charge is -2.46. The summed E-state index contributed by atoms with van der Waals surface area (Å²) in [5.41, 5.74) is 3.77. The van der Waals surface area contributed by atoms with E-state index in [1.807, 2.05) is 0 Å². The first-order valence-corrected chi connectivity index (χ1v) is 9.89. The molecule has 142 valence electrons. The number of hydrogen-bond acceptors (Lipinski definition) is 1. The highest BCUT2D eigenvalue weighted by Crippen LogP contribution is 2.47. The maximum Gasteiger partial charge on any atom is 0.0622 e. The summed E-state index contributed by atoms with van der Waals surface area (Å²) < 4.78 is 0. The van der Waals surface area contributed by atoms with Crippen molar-refractivity contribution < 1.29 is 0 Å². The van der Waals surface area contributed by atoms with Crippen molar-refractivity contribution in [2.24, 2.45) is 23.2 Å². The Labute approximate surface area is 158 Å². The largest absolute Gasteiger partial charge is 0.388 e. The summed E-state index contributed by atoms with van der Waals surface area (Å²) in [5, 5.41) is 3.65. The first-order chi connectivity index (χ1) is 11.7. The topological polar surface area (TPSA) is 12.0 Å². The van der Waals surface area contributed by atoms with E-state index in [1.54, 1.807) is 0 Å². The molecule has 25 heavy (non-hydrogen) atoms. The number of allylic oxidation sites excluding steroid dienone is 4. The average Bonchev–Trinajstić information content (AvgIpc) is 2.58. The number of unbranched alkanes of at least 4 members (excludes halogenated alkanes) is 1. The predicted octanol–water partition coefficient (Wildman–Crippen LogP) is 6.74. The van der Waals surface area contributed by atoms with Gasteiger partial charge in [0.15, 0.2) is 0 Å². The summed E-state index contributed by atoms with van der Waals surface area (Å²) in [5.74, 6) is 4.07. The molecule has 0 aliphatic carbocycles. The van der Waals surface area contributed by atoms with Crippen LogP contribution in [0.25, 0.3) is 0 Å². The molecule has 0 amide bonds. The fraction of sp³-hybridized carbons (Fsp3) is 0.667. The van der Waals surface area contributed by atoms with Gasteiger partial charge in [-0.3, -0.25) is 0 Å². The van der Waals surface area contributed by atoms with E-state index in [1.165, 1.54) is 24.0 Å². The zero-order valence-electron chi connectivity index (χ0n) is 18.0. The third-order valence-corrected chi connectivity index (χ3v) is 5.76. The van der Waals surface area contributed by atoms with Gasteiger partial charge in [0.2, 0.25) is 0 Å². The van der Waals surface area contributed by atoms with Gasteiger partial charge in [-0.1, -0.05) is 71.3 Å². The van der Waals surface area contributed by atoms with E-state index < -0.39 is 0 Å². The van der Waals surface area contributed by atoms with Crippen molar-refractivity contribution in [2.45, 2.75) is 74.7 Å². The molecule has 0 fully saturated rings. The highest BCUT2D eigenvalue weighted by molar-refractivity contribution is 5.35. The molecule has 1 atom stereocenters. The Morgan fingerprint density at radius 1 is 1.16 bits per heavy atom.